The molecule has 1 N–H and O–H groups in total. The highest BCUT2D eigenvalue weighted by Crippen LogP contribution is 2.24. The lowest BCUT2D eigenvalue weighted by Gasteiger charge is -2.18. The lowest BCUT2D eigenvalue weighted by atomic mass is 10.1. The average Bonchev–Trinajstić information content (AvgIpc) is 2.37. The van der Waals surface area contributed by atoms with Gasteiger partial charge in [0.15, 0.2) is 0 Å². The predicted octanol–water partition coefficient (Wildman–Crippen LogP) is 1.35. The van der Waals surface area contributed by atoms with Gasteiger partial charge in [0.05, 0.1) is 18.4 Å². The van der Waals surface area contributed by atoms with Crippen LogP contribution in [0.15, 0.2) is 23.1 Å². The average molecular weight is 301 g/mol. The molecule has 0 radical (unpaired) electrons. The minimum absolute atomic E-state index is 0.0108. The second-order valence-electron chi connectivity index (χ2n) is 4.37. The molecule has 0 saturated carbocycles. The molecule has 0 fully saturated rings. The fourth-order valence-corrected chi connectivity index (χ4v) is 3.30. The molecule has 112 valence electrons. The van der Waals surface area contributed by atoms with Crippen LogP contribution in [0.2, 0.25) is 0 Å². The van der Waals surface area contributed by atoms with Crippen molar-refractivity contribution in [2.45, 2.75) is 24.7 Å². The molecule has 1 aromatic rings. The molecule has 0 unspecified atom stereocenters. The zero-order valence-electron chi connectivity index (χ0n) is 11.8. The van der Waals surface area contributed by atoms with Gasteiger partial charge in [0.1, 0.15) is 5.75 Å². The van der Waals surface area contributed by atoms with Gasteiger partial charge >= 0.3 is 5.97 Å². The molecule has 0 aliphatic carbocycles. The van der Waals surface area contributed by atoms with E-state index < -0.39 is 16.0 Å². The van der Waals surface area contributed by atoms with E-state index in [4.69, 9.17) is 9.84 Å². The maximum absolute atomic E-state index is 12.4. The van der Waals surface area contributed by atoms with Gasteiger partial charge in [0, 0.05) is 13.6 Å². The van der Waals surface area contributed by atoms with Gasteiger partial charge in [-0.05, 0) is 30.2 Å². The number of nitrogens with zero attached hydrogens (tertiary/aromatic N) is 1. The van der Waals surface area contributed by atoms with Crippen LogP contribution in [0.5, 0.6) is 5.75 Å². The van der Waals surface area contributed by atoms with Crippen molar-refractivity contribution in [3.63, 3.8) is 0 Å². The third kappa shape index (κ3) is 3.71. The molecule has 1 rings (SSSR count). The summed E-state index contributed by atoms with van der Waals surface area (Å²) >= 11 is 0. The standard InChI is InChI=1S/C13H19NO5S/c1-4-7-14(2)20(17,18)12-6-5-11(19-3)8-10(12)9-13(15)16/h5-6,8H,4,7,9H2,1-3H3,(H,15,16). The maximum atomic E-state index is 12.4. The Labute approximate surface area is 119 Å². The first-order valence-corrected chi connectivity index (χ1v) is 7.62. The molecule has 7 heteroatoms. The lowest BCUT2D eigenvalue weighted by Crippen LogP contribution is -2.28. The Morgan fingerprint density at radius 2 is 2.05 bits per heavy atom. The quantitative estimate of drug-likeness (QED) is 0.822. The molecule has 0 aliphatic heterocycles. The van der Waals surface area contributed by atoms with Crippen LogP contribution in [0, 0.1) is 0 Å². The molecule has 0 heterocycles. The van der Waals surface area contributed by atoms with Crippen molar-refractivity contribution in [3.05, 3.63) is 23.8 Å². The van der Waals surface area contributed by atoms with Crippen LogP contribution < -0.4 is 4.74 Å². The molecule has 6 nitrogen and oxygen atoms in total. The van der Waals surface area contributed by atoms with Gasteiger partial charge in [-0.15, -0.1) is 0 Å². The van der Waals surface area contributed by atoms with Crippen LogP contribution in [0.25, 0.3) is 0 Å². The number of rotatable bonds is 7. The number of aliphatic carboxylic acids is 1. The molecule has 0 spiro atoms. The Kier molecular flexibility index (Phi) is 5.52. The highest BCUT2D eigenvalue weighted by atomic mass is 32.2. The van der Waals surface area contributed by atoms with Crippen LogP contribution in [-0.2, 0) is 21.2 Å². The van der Waals surface area contributed by atoms with E-state index in [9.17, 15) is 13.2 Å². The molecule has 0 amide bonds. The van der Waals surface area contributed by atoms with E-state index in [1.807, 2.05) is 6.92 Å². The summed E-state index contributed by atoms with van der Waals surface area (Å²) < 4.78 is 31.1. The Bertz CT molecular complexity index is 582. The fraction of sp³-hybridized carbons (Fsp3) is 0.462. The summed E-state index contributed by atoms with van der Waals surface area (Å²) in [5.41, 5.74) is 0.222. The molecule has 0 bridgehead atoms. The number of hydrogen-bond acceptors (Lipinski definition) is 4. The summed E-state index contributed by atoms with van der Waals surface area (Å²) in [6.45, 7) is 2.25. The van der Waals surface area contributed by atoms with Gasteiger partial charge < -0.3 is 9.84 Å². The first kappa shape index (κ1) is 16.5. The second kappa shape index (κ2) is 6.71. The first-order chi connectivity index (χ1) is 9.32. The number of carbonyl (C=O) groups is 1. The summed E-state index contributed by atoms with van der Waals surface area (Å²) in [5.74, 6) is -0.661. The van der Waals surface area contributed by atoms with Gasteiger partial charge in [-0.1, -0.05) is 6.92 Å². The summed E-state index contributed by atoms with van der Waals surface area (Å²) in [6.07, 6.45) is 0.311. The zero-order chi connectivity index (χ0) is 15.3. The normalized spacial score (nSPS) is 11.6. The number of carboxylic acid groups (broad SMARTS) is 1. The van der Waals surface area contributed by atoms with Crippen LogP contribution >= 0.6 is 0 Å². The van der Waals surface area contributed by atoms with Gasteiger partial charge in [0.25, 0.3) is 0 Å². The third-order valence-electron chi connectivity index (χ3n) is 2.84. The number of carboxylic acids is 1. The van der Waals surface area contributed by atoms with Gasteiger partial charge in [-0.25, -0.2) is 12.7 Å². The van der Waals surface area contributed by atoms with Crippen molar-refractivity contribution in [1.29, 1.82) is 0 Å². The Morgan fingerprint density at radius 1 is 1.40 bits per heavy atom. The van der Waals surface area contributed by atoms with Crippen molar-refractivity contribution in [1.82, 2.24) is 4.31 Å². The molecular weight excluding hydrogens is 282 g/mol. The molecular formula is C13H19NO5S. The monoisotopic (exact) mass is 301 g/mol. The second-order valence-corrected chi connectivity index (χ2v) is 6.38. The highest BCUT2D eigenvalue weighted by molar-refractivity contribution is 7.89. The molecule has 20 heavy (non-hydrogen) atoms. The largest absolute Gasteiger partial charge is 0.497 e. The molecule has 0 aromatic heterocycles. The van der Waals surface area contributed by atoms with E-state index in [-0.39, 0.29) is 16.9 Å². The van der Waals surface area contributed by atoms with Crippen LogP contribution in [0.1, 0.15) is 18.9 Å². The van der Waals surface area contributed by atoms with Gasteiger partial charge in [-0.3, -0.25) is 4.79 Å². The highest BCUT2D eigenvalue weighted by Gasteiger charge is 2.24. The first-order valence-electron chi connectivity index (χ1n) is 6.18. The Morgan fingerprint density at radius 3 is 2.55 bits per heavy atom. The smallest absolute Gasteiger partial charge is 0.307 e. The minimum atomic E-state index is -3.69. The SMILES string of the molecule is CCCN(C)S(=O)(=O)c1ccc(OC)cc1CC(=O)O. The maximum Gasteiger partial charge on any atom is 0.307 e. The van der Waals surface area contributed by atoms with E-state index in [0.29, 0.717) is 18.7 Å². The molecule has 0 atom stereocenters. The number of benzene rings is 1. The van der Waals surface area contributed by atoms with Crippen molar-refractivity contribution in [2.75, 3.05) is 20.7 Å². The summed E-state index contributed by atoms with van der Waals surface area (Å²) in [5, 5.41) is 8.91. The van der Waals surface area contributed by atoms with Crippen molar-refractivity contribution >= 4 is 16.0 Å². The number of sulfonamides is 1. The molecule has 0 saturated heterocycles. The summed E-state index contributed by atoms with van der Waals surface area (Å²) in [4.78, 5) is 10.9. The van der Waals surface area contributed by atoms with E-state index in [2.05, 4.69) is 0 Å². The van der Waals surface area contributed by atoms with Crippen molar-refractivity contribution in [3.8, 4) is 5.75 Å². The minimum Gasteiger partial charge on any atom is -0.497 e. The van der Waals surface area contributed by atoms with E-state index in [0.717, 1.165) is 0 Å². The summed E-state index contributed by atoms with van der Waals surface area (Å²) in [7, 11) is -0.766. The summed E-state index contributed by atoms with van der Waals surface area (Å²) in [6, 6.07) is 4.34. The Balaban J connectivity index is 3.32. The molecule has 0 aliphatic rings. The topological polar surface area (TPSA) is 83.9 Å². The van der Waals surface area contributed by atoms with Crippen LogP contribution in [-0.4, -0.2) is 44.5 Å². The van der Waals surface area contributed by atoms with E-state index in [1.54, 1.807) is 0 Å². The third-order valence-corrected chi connectivity index (χ3v) is 4.79. The zero-order valence-corrected chi connectivity index (χ0v) is 12.6. The van der Waals surface area contributed by atoms with Crippen molar-refractivity contribution < 1.29 is 23.1 Å². The van der Waals surface area contributed by atoms with E-state index in [1.165, 1.54) is 36.7 Å². The number of hydrogen-bond donors (Lipinski definition) is 1. The van der Waals surface area contributed by atoms with Gasteiger partial charge in [-0.2, -0.15) is 0 Å². The molecule has 1 aromatic carbocycles. The number of ether oxygens (including phenoxy) is 1. The number of methoxy groups -OCH3 is 1. The van der Waals surface area contributed by atoms with Crippen molar-refractivity contribution in [2.24, 2.45) is 0 Å². The fourth-order valence-electron chi connectivity index (χ4n) is 1.84. The lowest BCUT2D eigenvalue weighted by molar-refractivity contribution is -0.136. The Hall–Kier alpha value is -1.60. The van der Waals surface area contributed by atoms with Gasteiger partial charge in [0.2, 0.25) is 10.0 Å². The predicted molar refractivity (Wildman–Crippen MR) is 74.4 cm³/mol. The van der Waals surface area contributed by atoms with Crippen LogP contribution in [0.3, 0.4) is 0 Å². The van der Waals surface area contributed by atoms with Crippen LogP contribution in [0.4, 0.5) is 0 Å². The van der Waals surface area contributed by atoms with E-state index >= 15 is 0 Å².